The molecule has 0 fully saturated rings. The lowest BCUT2D eigenvalue weighted by atomic mass is 9.98. The summed E-state index contributed by atoms with van der Waals surface area (Å²) in [7, 11) is -4.99. The Kier molecular flexibility index (Phi) is 4.23. The van der Waals surface area contributed by atoms with Gasteiger partial charge >= 0.3 is 10.5 Å². The lowest BCUT2D eigenvalue weighted by molar-refractivity contribution is 0.243. The van der Waals surface area contributed by atoms with Crippen LogP contribution in [0, 0.1) is 0 Å². The van der Waals surface area contributed by atoms with Gasteiger partial charge in [0.05, 0.1) is 0 Å². The summed E-state index contributed by atoms with van der Waals surface area (Å²) in [6.07, 6.45) is 0.781. The summed E-state index contributed by atoms with van der Waals surface area (Å²) in [4.78, 5) is 2.23. The van der Waals surface area contributed by atoms with Crippen molar-refractivity contribution in [3.63, 3.8) is 0 Å². The van der Waals surface area contributed by atoms with Gasteiger partial charge in [0.1, 0.15) is 11.5 Å². The quantitative estimate of drug-likeness (QED) is 0.869. The zero-order chi connectivity index (χ0) is 16.4. The van der Waals surface area contributed by atoms with Crippen LogP contribution in [-0.4, -0.2) is 25.0 Å². The van der Waals surface area contributed by atoms with Gasteiger partial charge in [-0.1, -0.05) is 28.2 Å². The second kappa shape index (κ2) is 6.17. The van der Waals surface area contributed by atoms with Gasteiger partial charge in [-0.05, 0) is 41.3 Å². The maximum atomic E-state index is 12.4. The smallest absolute Gasteiger partial charge is 0.488 e. The molecule has 7 heteroatoms. The molecule has 0 unspecified atom stereocenters. The molecule has 1 heterocycles. The first-order valence-electron chi connectivity index (χ1n) is 7.16. The fraction of sp³-hybridized carbons (Fsp3) is 0.250. The van der Waals surface area contributed by atoms with Crippen LogP contribution in [-0.2, 0) is 30.0 Å². The summed E-state index contributed by atoms with van der Waals surface area (Å²) in [6.45, 7) is 2.24. The van der Waals surface area contributed by atoms with E-state index in [1.807, 2.05) is 12.1 Å². The Hall–Kier alpha value is -2.12. The van der Waals surface area contributed by atoms with Crippen LogP contribution < -0.4 is 4.18 Å². The monoisotopic (exact) mass is 337 g/mol. The number of hydrogen-bond acceptors (Lipinski definition) is 5. The number of benzene rings is 2. The Labute approximate surface area is 134 Å². The standard InChI is InChI=1S/C16H16FNO4S/c17-23(20,21)22-14-6-4-12(5-7-14)10-18-9-8-15-13(11-18)2-1-3-16(15)19/h1-7,19H,8-11H2. The zero-order valence-corrected chi connectivity index (χ0v) is 13.1. The van der Waals surface area contributed by atoms with Crippen molar-refractivity contribution < 1.29 is 21.6 Å². The molecule has 122 valence electrons. The SMILES string of the molecule is O=S(=O)(F)Oc1ccc(CN2CCc3c(O)cccc3C2)cc1. The maximum Gasteiger partial charge on any atom is 0.488 e. The minimum Gasteiger partial charge on any atom is -0.508 e. The predicted octanol–water partition coefficient (Wildman–Crippen LogP) is 2.54. The molecule has 0 atom stereocenters. The highest BCUT2D eigenvalue weighted by Crippen LogP contribution is 2.27. The number of rotatable bonds is 4. The van der Waals surface area contributed by atoms with Gasteiger partial charge in [-0.2, -0.15) is 8.42 Å². The van der Waals surface area contributed by atoms with Gasteiger partial charge < -0.3 is 9.29 Å². The van der Waals surface area contributed by atoms with E-state index in [1.165, 1.54) is 12.1 Å². The highest BCUT2D eigenvalue weighted by Gasteiger charge is 2.18. The highest BCUT2D eigenvalue weighted by molar-refractivity contribution is 7.81. The third kappa shape index (κ3) is 4.00. The first-order valence-corrected chi connectivity index (χ1v) is 8.47. The molecule has 1 aliphatic rings. The van der Waals surface area contributed by atoms with E-state index >= 15 is 0 Å². The zero-order valence-electron chi connectivity index (χ0n) is 12.3. The Bertz CT molecular complexity index is 805. The van der Waals surface area contributed by atoms with Gasteiger partial charge in [0.25, 0.3) is 0 Å². The summed E-state index contributed by atoms with van der Waals surface area (Å²) in [5.41, 5.74) is 3.08. The number of hydrogen-bond donors (Lipinski definition) is 1. The molecule has 1 N–H and O–H groups in total. The maximum absolute atomic E-state index is 12.4. The number of fused-ring (bicyclic) bond motifs is 1. The third-order valence-electron chi connectivity index (χ3n) is 3.85. The van der Waals surface area contributed by atoms with Crippen molar-refractivity contribution in [1.82, 2.24) is 4.90 Å². The van der Waals surface area contributed by atoms with Crippen LogP contribution in [0.25, 0.3) is 0 Å². The molecule has 0 aromatic heterocycles. The molecule has 2 aromatic rings. The molecule has 0 saturated heterocycles. The minimum absolute atomic E-state index is 0.0508. The van der Waals surface area contributed by atoms with E-state index in [2.05, 4.69) is 9.08 Å². The van der Waals surface area contributed by atoms with E-state index in [9.17, 15) is 17.4 Å². The highest BCUT2D eigenvalue weighted by atomic mass is 32.3. The first kappa shape index (κ1) is 15.8. The first-order chi connectivity index (χ1) is 10.9. The molecule has 0 spiro atoms. The number of phenols is 1. The molecular weight excluding hydrogens is 321 g/mol. The Morgan fingerprint density at radius 2 is 1.91 bits per heavy atom. The van der Waals surface area contributed by atoms with Gasteiger partial charge in [-0.25, -0.2) is 0 Å². The number of halogens is 1. The molecule has 1 aliphatic heterocycles. The molecule has 0 radical (unpaired) electrons. The lowest BCUT2D eigenvalue weighted by Crippen LogP contribution is -2.30. The second-order valence-electron chi connectivity index (χ2n) is 5.50. The van der Waals surface area contributed by atoms with Gasteiger partial charge in [-0.15, -0.1) is 0 Å². The topological polar surface area (TPSA) is 66.8 Å². The third-order valence-corrected chi connectivity index (χ3v) is 4.24. The van der Waals surface area contributed by atoms with E-state index in [-0.39, 0.29) is 5.75 Å². The van der Waals surface area contributed by atoms with Crippen molar-refractivity contribution in [2.24, 2.45) is 0 Å². The van der Waals surface area contributed by atoms with E-state index < -0.39 is 10.5 Å². The fourth-order valence-corrected chi connectivity index (χ4v) is 3.15. The minimum atomic E-state index is -4.99. The van der Waals surface area contributed by atoms with Crippen molar-refractivity contribution in [2.75, 3.05) is 6.54 Å². The lowest BCUT2D eigenvalue weighted by Gasteiger charge is -2.29. The fourth-order valence-electron chi connectivity index (χ4n) is 2.81. The molecule has 3 rings (SSSR count). The number of phenolic OH excluding ortho intramolecular Hbond substituents is 1. The van der Waals surface area contributed by atoms with E-state index in [0.717, 1.165) is 36.2 Å². The molecule has 0 amide bonds. The molecule has 5 nitrogen and oxygen atoms in total. The molecular formula is C16H16FNO4S. The van der Waals surface area contributed by atoms with Crippen LogP contribution in [0.15, 0.2) is 42.5 Å². The summed E-state index contributed by atoms with van der Waals surface area (Å²) < 4.78 is 37.5. The van der Waals surface area contributed by atoms with Crippen molar-refractivity contribution in [2.45, 2.75) is 19.5 Å². The van der Waals surface area contributed by atoms with Gasteiger partial charge in [0.15, 0.2) is 0 Å². The predicted molar refractivity (Wildman–Crippen MR) is 83.0 cm³/mol. The molecule has 0 saturated carbocycles. The Morgan fingerprint density at radius 3 is 2.61 bits per heavy atom. The van der Waals surface area contributed by atoms with Crippen LogP contribution in [0.3, 0.4) is 0 Å². The Morgan fingerprint density at radius 1 is 1.17 bits per heavy atom. The molecule has 23 heavy (non-hydrogen) atoms. The number of nitrogens with zero attached hydrogens (tertiary/aromatic N) is 1. The van der Waals surface area contributed by atoms with Crippen LogP contribution in [0.2, 0.25) is 0 Å². The van der Waals surface area contributed by atoms with Gasteiger partial charge in [-0.3, -0.25) is 4.90 Å². The van der Waals surface area contributed by atoms with Crippen LogP contribution in [0.1, 0.15) is 16.7 Å². The van der Waals surface area contributed by atoms with Crippen LogP contribution in [0.5, 0.6) is 11.5 Å². The van der Waals surface area contributed by atoms with Crippen LogP contribution >= 0.6 is 0 Å². The van der Waals surface area contributed by atoms with Crippen molar-refractivity contribution in [1.29, 1.82) is 0 Å². The Balaban J connectivity index is 1.67. The summed E-state index contributed by atoms with van der Waals surface area (Å²) in [5.74, 6) is 0.293. The van der Waals surface area contributed by atoms with Crippen molar-refractivity contribution in [3.05, 3.63) is 59.2 Å². The average Bonchev–Trinajstić information content (AvgIpc) is 2.48. The van der Waals surface area contributed by atoms with Gasteiger partial charge in [0.2, 0.25) is 0 Å². The van der Waals surface area contributed by atoms with E-state index in [4.69, 9.17) is 0 Å². The van der Waals surface area contributed by atoms with E-state index in [1.54, 1.807) is 18.2 Å². The normalized spacial score (nSPS) is 15.2. The summed E-state index contributed by atoms with van der Waals surface area (Å²) in [6, 6.07) is 11.8. The number of aromatic hydroxyl groups is 1. The average molecular weight is 337 g/mol. The second-order valence-corrected chi connectivity index (χ2v) is 6.45. The molecule has 2 aromatic carbocycles. The molecule has 0 bridgehead atoms. The summed E-state index contributed by atoms with van der Waals surface area (Å²) >= 11 is 0. The van der Waals surface area contributed by atoms with Crippen molar-refractivity contribution in [3.8, 4) is 11.5 Å². The van der Waals surface area contributed by atoms with Crippen molar-refractivity contribution >= 4 is 10.5 Å². The molecule has 0 aliphatic carbocycles. The summed E-state index contributed by atoms with van der Waals surface area (Å²) in [5, 5.41) is 9.84. The van der Waals surface area contributed by atoms with E-state index in [0.29, 0.717) is 12.3 Å². The van der Waals surface area contributed by atoms with Gasteiger partial charge in [0, 0.05) is 19.6 Å². The van der Waals surface area contributed by atoms with Crippen LogP contribution in [0.4, 0.5) is 3.89 Å². The largest absolute Gasteiger partial charge is 0.508 e.